The van der Waals surface area contributed by atoms with Crippen molar-refractivity contribution < 1.29 is 9.13 Å². The Hall–Kier alpha value is -2.11. The summed E-state index contributed by atoms with van der Waals surface area (Å²) in [6.07, 6.45) is 7.24. The van der Waals surface area contributed by atoms with Crippen LogP contribution in [0, 0.1) is 11.7 Å². The highest BCUT2D eigenvalue weighted by atomic mass is 35.5. The monoisotopic (exact) mass is 558 g/mol. The van der Waals surface area contributed by atoms with Crippen molar-refractivity contribution in [3.8, 4) is 5.75 Å². The Labute approximate surface area is 240 Å². The van der Waals surface area contributed by atoms with Crippen LogP contribution in [-0.2, 0) is 26.1 Å². The van der Waals surface area contributed by atoms with Crippen molar-refractivity contribution in [3.63, 3.8) is 0 Å². The normalized spacial score (nSPS) is 16.6. The maximum atomic E-state index is 13.3. The Balaban J connectivity index is 0.00000200. The first-order valence-electron chi connectivity index (χ1n) is 13.7. The third kappa shape index (κ3) is 8.98. The minimum Gasteiger partial charge on any atom is -0.494 e. The van der Waals surface area contributed by atoms with Gasteiger partial charge >= 0.3 is 0 Å². The molecule has 0 radical (unpaired) electrons. The number of rotatable bonds is 9. The van der Waals surface area contributed by atoms with Gasteiger partial charge in [0, 0.05) is 19.6 Å². The molecule has 6 heteroatoms. The van der Waals surface area contributed by atoms with Gasteiger partial charge in [0.1, 0.15) is 11.6 Å². The highest BCUT2D eigenvalue weighted by Gasteiger charge is 2.19. The van der Waals surface area contributed by atoms with Gasteiger partial charge in [0.2, 0.25) is 0 Å². The standard InChI is InChI=1S/C32H39FN2O.2ClH/c33-31-13-10-28(11-14-31)24-35-18-4-9-29-12-15-32(22-30(29)25-35)36-21-5-8-26-16-19-34(20-17-26)23-27-6-2-1-3-7-27;;/h1-3,6-7,10-15,22,26H,4-5,8-9,16-21,23-25H2;2*1H. The lowest BCUT2D eigenvalue weighted by molar-refractivity contribution is 0.166. The molecule has 0 aromatic heterocycles. The highest BCUT2D eigenvalue weighted by molar-refractivity contribution is 5.85. The molecule has 3 aromatic rings. The Morgan fingerprint density at radius 3 is 2.24 bits per heavy atom. The molecule has 2 aliphatic heterocycles. The van der Waals surface area contributed by atoms with Gasteiger partial charge in [0.05, 0.1) is 6.61 Å². The molecule has 1 saturated heterocycles. The zero-order valence-corrected chi connectivity index (χ0v) is 23.8. The van der Waals surface area contributed by atoms with Crippen molar-refractivity contribution >= 4 is 24.8 Å². The van der Waals surface area contributed by atoms with Crippen LogP contribution in [0.25, 0.3) is 0 Å². The third-order valence-corrected chi connectivity index (χ3v) is 7.79. The molecule has 0 bridgehead atoms. The average Bonchev–Trinajstić information content (AvgIpc) is 3.11. The van der Waals surface area contributed by atoms with Crippen LogP contribution in [0.2, 0.25) is 0 Å². The van der Waals surface area contributed by atoms with E-state index >= 15 is 0 Å². The van der Waals surface area contributed by atoms with Gasteiger partial charge in [-0.05, 0) is 111 Å². The van der Waals surface area contributed by atoms with Crippen LogP contribution < -0.4 is 4.74 Å². The van der Waals surface area contributed by atoms with Crippen LogP contribution in [0.5, 0.6) is 5.75 Å². The smallest absolute Gasteiger partial charge is 0.123 e. The van der Waals surface area contributed by atoms with Gasteiger partial charge in [-0.2, -0.15) is 0 Å². The van der Waals surface area contributed by atoms with Crippen LogP contribution in [0.15, 0.2) is 72.8 Å². The molecule has 1 fully saturated rings. The lowest BCUT2D eigenvalue weighted by Gasteiger charge is -2.32. The molecule has 0 N–H and O–H groups in total. The molecule has 206 valence electrons. The summed E-state index contributed by atoms with van der Waals surface area (Å²) in [5.74, 6) is 1.65. The molecule has 0 amide bonds. The van der Waals surface area contributed by atoms with Gasteiger partial charge < -0.3 is 4.74 Å². The summed E-state index contributed by atoms with van der Waals surface area (Å²) in [6.45, 7) is 7.13. The molecule has 38 heavy (non-hydrogen) atoms. The fourth-order valence-electron chi connectivity index (χ4n) is 5.72. The number of piperidine rings is 1. The number of hydrogen-bond donors (Lipinski definition) is 0. The predicted molar refractivity (Wildman–Crippen MR) is 159 cm³/mol. The van der Waals surface area contributed by atoms with Gasteiger partial charge in [-0.1, -0.05) is 48.5 Å². The number of aryl methyl sites for hydroxylation is 1. The number of halogens is 3. The largest absolute Gasteiger partial charge is 0.494 e. The van der Waals surface area contributed by atoms with Crippen molar-refractivity contribution in [1.29, 1.82) is 0 Å². The lowest BCUT2D eigenvalue weighted by atomic mass is 9.92. The number of benzene rings is 3. The van der Waals surface area contributed by atoms with Gasteiger partial charge in [-0.25, -0.2) is 4.39 Å². The summed E-state index contributed by atoms with van der Waals surface area (Å²) < 4.78 is 19.5. The summed E-state index contributed by atoms with van der Waals surface area (Å²) in [7, 11) is 0. The van der Waals surface area contributed by atoms with Gasteiger partial charge in [0.25, 0.3) is 0 Å². The number of likely N-dealkylation sites (tertiary alicyclic amines) is 1. The van der Waals surface area contributed by atoms with E-state index in [0.29, 0.717) is 0 Å². The molecule has 0 spiro atoms. The Morgan fingerprint density at radius 2 is 1.47 bits per heavy atom. The topological polar surface area (TPSA) is 15.7 Å². The summed E-state index contributed by atoms with van der Waals surface area (Å²) in [5, 5.41) is 0. The molecule has 0 unspecified atom stereocenters. The second-order valence-corrected chi connectivity index (χ2v) is 10.6. The Bertz CT molecular complexity index is 1090. The molecule has 2 aliphatic rings. The number of fused-ring (bicyclic) bond motifs is 1. The summed E-state index contributed by atoms with van der Waals surface area (Å²) in [6, 6.07) is 24.4. The number of nitrogens with zero attached hydrogens (tertiary/aromatic N) is 2. The molecule has 5 rings (SSSR count). The molecule has 2 heterocycles. The zero-order chi connectivity index (χ0) is 24.6. The van der Waals surface area contributed by atoms with E-state index in [0.717, 1.165) is 69.3 Å². The highest BCUT2D eigenvalue weighted by Crippen LogP contribution is 2.26. The second kappa shape index (κ2) is 15.5. The van der Waals surface area contributed by atoms with Gasteiger partial charge in [0.15, 0.2) is 0 Å². The van der Waals surface area contributed by atoms with Crippen molar-refractivity contribution in [2.24, 2.45) is 5.92 Å². The van der Waals surface area contributed by atoms with Crippen molar-refractivity contribution in [2.45, 2.75) is 58.2 Å². The fourth-order valence-corrected chi connectivity index (χ4v) is 5.72. The van der Waals surface area contributed by atoms with E-state index in [9.17, 15) is 4.39 Å². The van der Waals surface area contributed by atoms with E-state index in [-0.39, 0.29) is 30.6 Å². The summed E-state index contributed by atoms with van der Waals surface area (Å²) in [5.41, 5.74) is 5.39. The Kier molecular flexibility index (Phi) is 12.4. The van der Waals surface area contributed by atoms with E-state index in [1.807, 2.05) is 12.1 Å². The average molecular weight is 560 g/mol. The lowest BCUT2D eigenvalue weighted by Crippen LogP contribution is -2.33. The quantitative estimate of drug-likeness (QED) is 0.250. The maximum Gasteiger partial charge on any atom is 0.123 e. The SMILES string of the molecule is Cl.Cl.Fc1ccc(CN2CCCc3ccc(OCCCC4CCN(Cc5ccccc5)CC4)cc3C2)cc1. The van der Waals surface area contributed by atoms with Crippen molar-refractivity contribution in [1.82, 2.24) is 9.80 Å². The predicted octanol–water partition coefficient (Wildman–Crippen LogP) is 7.69. The van der Waals surface area contributed by atoms with Gasteiger partial charge in [-0.3, -0.25) is 9.80 Å². The van der Waals surface area contributed by atoms with Crippen LogP contribution in [0.3, 0.4) is 0 Å². The minimum absolute atomic E-state index is 0. The van der Waals surface area contributed by atoms with Crippen LogP contribution in [0.4, 0.5) is 4.39 Å². The fraction of sp³-hybridized carbons (Fsp3) is 0.438. The third-order valence-electron chi connectivity index (χ3n) is 7.79. The van der Waals surface area contributed by atoms with E-state index in [1.165, 1.54) is 49.0 Å². The summed E-state index contributed by atoms with van der Waals surface area (Å²) in [4.78, 5) is 5.06. The van der Waals surface area contributed by atoms with E-state index in [4.69, 9.17) is 4.74 Å². The van der Waals surface area contributed by atoms with E-state index in [2.05, 4.69) is 58.3 Å². The molecule has 0 atom stereocenters. The molecule has 3 aromatic carbocycles. The molecule has 0 saturated carbocycles. The second-order valence-electron chi connectivity index (χ2n) is 10.6. The van der Waals surface area contributed by atoms with Crippen molar-refractivity contribution in [2.75, 3.05) is 26.2 Å². The molecule has 0 aliphatic carbocycles. The Morgan fingerprint density at radius 1 is 0.763 bits per heavy atom. The van der Waals surface area contributed by atoms with E-state index < -0.39 is 0 Å². The first-order valence-corrected chi connectivity index (χ1v) is 13.7. The van der Waals surface area contributed by atoms with Crippen molar-refractivity contribution in [3.05, 3.63) is 101 Å². The first-order chi connectivity index (χ1) is 17.7. The van der Waals surface area contributed by atoms with Crippen LogP contribution >= 0.6 is 24.8 Å². The van der Waals surface area contributed by atoms with Crippen LogP contribution in [0.1, 0.15) is 54.4 Å². The maximum absolute atomic E-state index is 13.3. The first kappa shape index (κ1) is 30.4. The molecular formula is C32H41Cl2FN2O. The van der Waals surface area contributed by atoms with Gasteiger partial charge in [-0.15, -0.1) is 24.8 Å². The summed E-state index contributed by atoms with van der Waals surface area (Å²) >= 11 is 0. The molecule has 3 nitrogen and oxygen atoms in total. The zero-order valence-electron chi connectivity index (χ0n) is 22.2. The number of ether oxygens (including phenoxy) is 1. The molecular weight excluding hydrogens is 518 g/mol. The minimum atomic E-state index is -0.171. The van der Waals surface area contributed by atoms with E-state index in [1.54, 1.807) is 12.1 Å². The number of hydrogen-bond acceptors (Lipinski definition) is 3. The van der Waals surface area contributed by atoms with Crippen LogP contribution in [-0.4, -0.2) is 36.0 Å².